The second-order valence-electron chi connectivity index (χ2n) is 7.04. The second kappa shape index (κ2) is 8.81. The highest BCUT2D eigenvalue weighted by molar-refractivity contribution is 5.95. The summed E-state index contributed by atoms with van der Waals surface area (Å²) in [5.41, 5.74) is 1.01. The normalized spacial score (nSPS) is 18.3. The van der Waals surface area contributed by atoms with Crippen LogP contribution < -0.4 is 15.5 Å². The number of rotatable bonds is 5. The lowest BCUT2D eigenvalue weighted by molar-refractivity contribution is -0.384. The Bertz CT molecular complexity index is 679. The molecule has 2 fully saturated rings. The molecular formula is C18H25N5O4. The number of nitro benzene ring substituents is 1. The van der Waals surface area contributed by atoms with Gasteiger partial charge in [0.15, 0.2) is 0 Å². The fourth-order valence-corrected chi connectivity index (χ4v) is 3.61. The first-order valence-electron chi connectivity index (χ1n) is 9.33. The number of benzene rings is 1. The minimum absolute atomic E-state index is 0.0740. The average Bonchev–Trinajstić information content (AvgIpc) is 3.15. The van der Waals surface area contributed by atoms with Crippen LogP contribution in [0.4, 0.5) is 16.2 Å². The first kappa shape index (κ1) is 19.1. The number of hydrogen-bond acceptors (Lipinski definition) is 6. The molecule has 1 aliphatic carbocycles. The Morgan fingerprint density at radius 2 is 1.70 bits per heavy atom. The summed E-state index contributed by atoms with van der Waals surface area (Å²) in [4.78, 5) is 38.3. The van der Waals surface area contributed by atoms with E-state index in [1.54, 1.807) is 12.1 Å². The van der Waals surface area contributed by atoms with E-state index in [1.165, 1.54) is 12.1 Å². The topological polar surface area (TPSA) is 108 Å². The minimum Gasteiger partial charge on any atom is -0.369 e. The van der Waals surface area contributed by atoms with E-state index < -0.39 is 11.0 Å². The van der Waals surface area contributed by atoms with Gasteiger partial charge in [-0.05, 0) is 25.0 Å². The number of piperazine rings is 1. The largest absolute Gasteiger partial charge is 0.369 e. The van der Waals surface area contributed by atoms with Crippen LogP contribution in [0.1, 0.15) is 25.7 Å². The van der Waals surface area contributed by atoms with Gasteiger partial charge in [0.25, 0.3) is 5.69 Å². The molecule has 1 saturated carbocycles. The summed E-state index contributed by atoms with van der Waals surface area (Å²) in [7, 11) is 0. The van der Waals surface area contributed by atoms with Gasteiger partial charge in [-0.3, -0.25) is 25.1 Å². The molecular weight excluding hydrogens is 350 g/mol. The van der Waals surface area contributed by atoms with E-state index in [4.69, 9.17) is 0 Å². The smallest absolute Gasteiger partial charge is 0.321 e. The second-order valence-corrected chi connectivity index (χ2v) is 7.04. The van der Waals surface area contributed by atoms with Gasteiger partial charge in [-0.15, -0.1) is 0 Å². The van der Waals surface area contributed by atoms with Crippen molar-refractivity contribution >= 4 is 23.3 Å². The lowest BCUT2D eigenvalue weighted by Crippen LogP contribution is -2.51. The zero-order valence-electron chi connectivity index (χ0n) is 15.2. The molecule has 1 aromatic carbocycles. The summed E-state index contributed by atoms with van der Waals surface area (Å²) in [6, 6.07) is 6.26. The minimum atomic E-state index is -0.413. The zero-order chi connectivity index (χ0) is 19.2. The van der Waals surface area contributed by atoms with Crippen molar-refractivity contribution < 1.29 is 14.5 Å². The molecule has 0 spiro atoms. The van der Waals surface area contributed by atoms with E-state index in [2.05, 4.69) is 15.5 Å². The summed E-state index contributed by atoms with van der Waals surface area (Å²) in [6.45, 7) is 3.01. The zero-order valence-corrected chi connectivity index (χ0v) is 15.2. The van der Waals surface area contributed by atoms with E-state index in [1.807, 2.05) is 4.90 Å². The van der Waals surface area contributed by atoms with Crippen LogP contribution in [0.25, 0.3) is 0 Å². The molecule has 2 N–H and O–H groups in total. The molecule has 3 rings (SSSR count). The molecule has 0 aromatic heterocycles. The number of nitrogens with one attached hydrogen (secondary N) is 2. The van der Waals surface area contributed by atoms with Gasteiger partial charge in [-0.25, -0.2) is 4.79 Å². The molecule has 3 amide bonds. The molecule has 1 saturated heterocycles. The summed E-state index contributed by atoms with van der Waals surface area (Å²) < 4.78 is 0. The van der Waals surface area contributed by atoms with Gasteiger partial charge in [-0.2, -0.15) is 0 Å². The van der Waals surface area contributed by atoms with Gasteiger partial charge in [0.2, 0.25) is 5.91 Å². The maximum absolute atomic E-state index is 12.1. The van der Waals surface area contributed by atoms with Crippen molar-refractivity contribution in [3.63, 3.8) is 0 Å². The Morgan fingerprint density at radius 1 is 1.07 bits per heavy atom. The Hall–Kier alpha value is -2.68. The van der Waals surface area contributed by atoms with Gasteiger partial charge < -0.3 is 10.2 Å². The number of amides is 3. The van der Waals surface area contributed by atoms with Crippen molar-refractivity contribution in [2.45, 2.75) is 31.7 Å². The molecule has 27 heavy (non-hydrogen) atoms. The van der Waals surface area contributed by atoms with Crippen LogP contribution in [0.15, 0.2) is 24.3 Å². The molecule has 0 bridgehead atoms. The summed E-state index contributed by atoms with van der Waals surface area (Å²) in [5.74, 6) is -0.297. The van der Waals surface area contributed by atoms with Crippen LogP contribution in [0.5, 0.6) is 0 Å². The Labute approximate surface area is 157 Å². The number of non-ortho nitro benzene ring substituents is 1. The molecule has 9 heteroatoms. The average molecular weight is 375 g/mol. The van der Waals surface area contributed by atoms with Crippen molar-refractivity contribution in [3.05, 3.63) is 34.4 Å². The number of nitro groups is 1. The third-order valence-electron chi connectivity index (χ3n) is 5.11. The molecule has 0 unspecified atom stereocenters. The van der Waals surface area contributed by atoms with Crippen LogP contribution in [-0.2, 0) is 4.79 Å². The summed E-state index contributed by atoms with van der Waals surface area (Å²) in [5, 5.41) is 16.0. The summed E-state index contributed by atoms with van der Waals surface area (Å²) in [6.07, 6.45) is 4.20. The molecule has 0 atom stereocenters. The predicted molar refractivity (Wildman–Crippen MR) is 101 cm³/mol. The molecule has 1 heterocycles. The first-order valence-corrected chi connectivity index (χ1v) is 9.33. The number of carbonyl (C=O) groups excluding carboxylic acids is 2. The van der Waals surface area contributed by atoms with Crippen molar-refractivity contribution in [1.29, 1.82) is 0 Å². The number of hydrogen-bond donors (Lipinski definition) is 2. The third-order valence-corrected chi connectivity index (χ3v) is 5.11. The Kier molecular flexibility index (Phi) is 6.23. The Morgan fingerprint density at radius 3 is 2.30 bits per heavy atom. The molecule has 2 aliphatic rings. The first-order chi connectivity index (χ1) is 13.0. The lowest BCUT2D eigenvalue weighted by atomic mass is 10.2. The van der Waals surface area contributed by atoms with E-state index in [9.17, 15) is 19.7 Å². The Balaban J connectivity index is 1.40. The number of nitrogens with zero attached hydrogens (tertiary/aromatic N) is 3. The van der Waals surface area contributed by atoms with Crippen LogP contribution >= 0.6 is 0 Å². The van der Waals surface area contributed by atoms with Crippen LogP contribution in [0, 0.1) is 10.1 Å². The monoisotopic (exact) mass is 375 g/mol. The molecule has 146 valence electrons. The highest BCUT2D eigenvalue weighted by Crippen LogP contribution is 2.20. The quantitative estimate of drug-likeness (QED) is 0.596. The number of anilines is 1. The van der Waals surface area contributed by atoms with Gasteiger partial charge in [0.05, 0.1) is 11.5 Å². The highest BCUT2D eigenvalue weighted by atomic mass is 16.6. The van der Waals surface area contributed by atoms with E-state index in [0.717, 1.165) is 44.5 Å². The maximum Gasteiger partial charge on any atom is 0.321 e. The maximum atomic E-state index is 12.1. The van der Waals surface area contributed by atoms with Crippen molar-refractivity contribution in [2.75, 3.05) is 37.6 Å². The molecule has 0 radical (unpaired) electrons. The van der Waals surface area contributed by atoms with Crippen molar-refractivity contribution in [1.82, 2.24) is 15.5 Å². The third kappa shape index (κ3) is 5.40. The van der Waals surface area contributed by atoms with Crippen molar-refractivity contribution in [2.24, 2.45) is 0 Å². The SMILES string of the molecule is O=C(CN1CCN(c2ccc([N+](=O)[O-])cc2)CC1)NC(=O)NC1CCCC1. The standard InChI is InChI=1S/C18H25N5O4/c24-17(20-18(25)19-14-3-1-2-4-14)13-21-9-11-22(12-10-21)15-5-7-16(8-6-15)23(26)27/h5-8,14H,1-4,9-13H2,(H2,19,20,24,25). The van der Waals surface area contributed by atoms with Gasteiger partial charge >= 0.3 is 6.03 Å². The summed E-state index contributed by atoms with van der Waals surface area (Å²) >= 11 is 0. The van der Waals surface area contributed by atoms with Gasteiger partial charge in [0.1, 0.15) is 0 Å². The van der Waals surface area contributed by atoms with Crippen LogP contribution in [0.2, 0.25) is 0 Å². The van der Waals surface area contributed by atoms with Crippen LogP contribution in [0.3, 0.4) is 0 Å². The fourth-order valence-electron chi connectivity index (χ4n) is 3.61. The van der Waals surface area contributed by atoms with Gasteiger partial charge in [0, 0.05) is 50.0 Å². The fraction of sp³-hybridized carbons (Fsp3) is 0.556. The molecule has 9 nitrogen and oxygen atoms in total. The molecule has 1 aromatic rings. The van der Waals surface area contributed by atoms with Gasteiger partial charge in [-0.1, -0.05) is 12.8 Å². The highest BCUT2D eigenvalue weighted by Gasteiger charge is 2.22. The lowest BCUT2D eigenvalue weighted by Gasteiger charge is -2.35. The number of imide groups is 1. The number of carbonyl (C=O) groups is 2. The predicted octanol–water partition coefficient (Wildman–Crippen LogP) is 1.49. The van der Waals surface area contributed by atoms with Crippen molar-refractivity contribution in [3.8, 4) is 0 Å². The van der Waals surface area contributed by atoms with E-state index in [-0.39, 0.29) is 24.2 Å². The van der Waals surface area contributed by atoms with E-state index >= 15 is 0 Å². The van der Waals surface area contributed by atoms with Crippen LogP contribution in [-0.4, -0.2) is 60.5 Å². The van der Waals surface area contributed by atoms with E-state index in [0.29, 0.717) is 13.1 Å². The molecule has 1 aliphatic heterocycles. The number of urea groups is 1.